The molecule has 0 fully saturated rings. The van der Waals surface area contributed by atoms with Crippen molar-refractivity contribution in [2.75, 3.05) is 7.11 Å². The molecule has 30 heavy (non-hydrogen) atoms. The fraction of sp³-hybridized carbons (Fsp3) is 0.250. The molecule has 158 valence electrons. The monoisotopic (exact) mass is 425 g/mol. The van der Waals surface area contributed by atoms with Gasteiger partial charge in [0.15, 0.2) is 0 Å². The molecule has 0 radical (unpaired) electrons. The molecule has 0 aliphatic heterocycles. The Morgan fingerprint density at radius 2 is 1.27 bits per heavy atom. The first-order valence-electron chi connectivity index (χ1n) is 9.55. The molecule has 3 rings (SSSR count). The molecule has 0 aliphatic carbocycles. The van der Waals surface area contributed by atoms with Gasteiger partial charge in [0.05, 0.1) is 4.90 Å². The van der Waals surface area contributed by atoms with Crippen molar-refractivity contribution in [3.8, 4) is 28.0 Å². The van der Waals surface area contributed by atoms with Crippen molar-refractivity contribution in [1.82, 2.24) is 0 Å². The van der Waals surface area contributed by atoms with E-state index >= 15 is 0 Å². The summed E-state index contributed by atoms with van der Waals surface area (Å²) >= 11 is 0. The van der Waals surface area contributed by atoms with Crippen LogP contribution in [0.5, 0.6) is 5.75 Å². The normalized spacial score (nSPS) is 13.1. The molecular weight excluding hydrogens is 400 g/mol. The van der Waals surface area contributed by atoms with Gasteiger partial charge < -0.3 is 14.0 Å². The lowest BCUT2D eigenvalue weighted by molar-refractivity contribution is -0.120. The van der Waals surface area contributed by atoms with Gasteiger partial charge in [-0.15, -0.1) is 0 Å². The van der Waals surface area contributed by atoms with Crippen molar-refractivity contribution in [3.05, 3.63) is 72.8 Å². The average Bonchev–Trinajstić information content (AvgIpc) is 2.71. The van der Waals surface area contributed by atoms with Crippen LogP contribution >= 0.6 is 0 Å². The summed E-state index contributed by atoms with van der Waals surface area (Å²) in [5, 5.41) is 0. The topological polar surface area (TPSA) is 75.7 Å². The zero-order valence-electron chi connectivity index (χ0n) is 17.5. The summed E-state index contributed by atoms with van der Waals surface area (Å²) < 4.78 is 48.7. The quantitative estimate of drug-likeness (QED) is 0.394. The summed E-state index contributed by atoms with van der Waals surface area (Å²) in [5.74, 6) is 0.418. The zero-order chi connectivity index (χ0) is 21.9. The number of rotatable bonds is 6. The Bertz CT molecular complexity index is 1040. The predicted octanol–water partition coefficient (Wildman–Crippen LogP) is 5.32. The molecule has 3 aromatic rings. The van der Waals surface area contributed by atoms with Crippen LogP contribution in [-0.4, -0.2) is 26.4 Å². The number of hydrogen-bond acceptors (Lipinski definition) is 5. The van der Waals surface area contributed by atoms with Gasteiger partial charge in [-0.2, -0.15) is 0 Å². The van der Waals surface area contributed by atoms with Crippen LogP contribution in [0, 0.1) is 5.41 Å². The number of ether oxygens (including phenoxy) is 2. The number of hydrogen-bond donors (Lipinski definition) is 0. The largest absolute Gasteiger partial charge is 0.744 e. The molecule has 3 aromatic carbocycles. The van der Waals surface area contributed by atoms with E-state index in [1.54, 1.807) is 67.8 Å². The second-order valence-electron chi connectivity index (χ2n) is 8.09. The molecule has 0 aliphatic rings. The maximum atomic E-state index is 12.3. The van der Waals surface area contributed by atoms with Gasteiger partial charge in [0.2, 0.25) is 6.29 Å². The Kier molecular flexibility index (Phi) is 6.31. The predicted molar refractivity (Wildman–Crippen MR) is 116 cm³/mol. The second-order valence-corrected chi connectivity index (χ2v) is 9.40. The molecule has 0 heterocycles. The van der Waals surface area contributed by atoms with E-state index in [-0.39, 0.29) is 10.3 Å². The van der Waals surface area contributed by atoms with Crippen LogP contribution in [0.25, 0.3) is 22.3 Å². The highest BCUT2D eigenvalue weighted by Gasteiger charge is 2.28. The highest BCUT2D eigenvalue weighted by molar-refractivity contribution is 7.86. The number of methoxy groups -OCH3 is 1. The van der Waals surface area contributed by atoms with Gasteiger partial charge in [-0.3, -0.25) is 0 Å². The van der Waals surface area contributed by atoms with E-state index in [0.717, 1.165) is 0 Å². The van der Waals surface area contributed by atoms with Crippen molar-refractivity contribution in [3.63, 3.8) is 0 Å². The molecule has 0 bridgehead atoms. The minimum atomic E-state index is -4.78. The van der Waals surface area contributed by atoms with Crippen LogP contribution in [0.2, 0.25) is 0 Å². The molecule has 0 amide bonds. The minimum absolute atomic E-state index is 0.267. The molecule has 0 aromatic heterocycles. The highest BCUT2D eigenvalue weighted by atomic mass is 32.2. The van der Waals surface area contributed by atoms with E-state index in [9.17, 15) is 13.0 Å². The third-order valence-corrected chi connectivity index (χ3v) is 5.59. The zero-order valence-corrected chi connectivity index (χ0v) is 18.3. The molecular formula is C24H25O5S-. The first-order chi connectivity index (χ1) is 14.1. The maximum absolute atomic E-state index is 12.3. The van der Waals surface area contributed by atoms with E-state index < -0.39 is 16.4 Å². The summed E-state index contributed by atoms with van der Waals surface area (Å²) in [5.41, 5.74) is 1.49. The lowest BCUT2D eigenvalue weighted by Crippen LogP contribution is -2.33. The van der Waals surface area contributed by atoms with E-state index in [0.29, 0.717) is 28.0 Å². The standard InChI is InChI=1S/C24H26O5S/c1-24(2,3)23(28-4)29-19-15-20(17-11-7-5-8-12-17)22(30(25,26)27)21(16-19)18-13-9-6-10-14-18/h5-16,23H,1-4H3,(H,25,26,27)/p-1. The summed E-state index contributed by atoms with van der Waals surface area (Å²) in [6.45, 7) is 5.94. The molecule has 0 spiro atoms. The first kappa shape index (κ1) is 22.0. The molecule has 6 heteroatoms. The van der Waals surface area contributed by atoms with Crippen LogP contribution in [0.1, 0.15) is 20.8 Å². The molecule has 1 atom stereocenters. The van der Waals surface area contributed by atoms with Gasteiger partial charge in [0, 0.05) is 23.7 Å². The second kappa shape index (κ2) is 8.60. The Morgan fingerprint density at radius 1 is 0.833 bits per heavy atom. The van der Waals surface area contributed by atoms with Gasteiger partial charge in [-0.25, -0.2) is 8.42 Å². The van der Waals surface area contributed by atoms with E-state index in [1.807, 2.05) is 32.9 Å². The fourth-order valence-electron chi connectivity index (χ4n) is 3.31. The van der Waals surface area contributed by atoms with Crippen LogP contribution in [0.3, 0.4) is 0 Å². The lowest BCUT2D eigenvalue weighted by Gasteiger charge is -2.30. The summed E-state index contributed by atoms with van der Waals surface area (Å²) in [6.07, 6.45) is -0.570. The smallest absolute Gasteiger partial charge is 0.204 e. The molecule has 0 N–H and O–H groups in total. The Labute approximate surface area is 178 Å². The lowest BCUT2D eigenvalue weighted by atomic mass is 9.95. The highest BCUT2D eigenvalue weighted by Crippen LogP contribution is 2.40. The van der Waals surface area contributed by atoms with Crippen LogP contribution in [-0.2, 0) is 14.9 Å². The summed E-state index contributed by atoms with van der Waals surface area (Å²) in [4.78, 5) is -0.267. The fourth-order valence-corrected chi connectivity index (χ4v) is 4.20. The summed E-state index contributed by atoms with van der Waals surface area (Å²) in [6, 6.07) is 21.0. The van der Waals surface area contributed by atoms with Crippen molar-refractivity contribution in [2.45, 2.75) is 32.0 Å². The van der Waals surface area contributed by atoms with Gasteiger partial charge in [0.1, 0.15) is 15.9 Å². The minimum Gasteiger partial charge on any atom is -0.744 e. The van der Waals surface area contributed by atoms with Gasteiger partial charge in [-0.1, -0.05) is 81.4 Å². The van der Waals surface area contributed by atoms with Crippen molar-refractivity contribution in [1.29, 1.82) is 0 Å². The van der Waals surface area contributed by atoms with Crippen LogP contribution in [0.4, 0.5) is 0 Å². The Balaban J connectivity index is 2.31. The van der Waals surface area contributed by atoms with Gasteiger partial charge >= 0.3 is 0 Å². The molecule has 1 unspecified atom stereocenters. The SMILES string of the molecule is COC(Oc1cc(-c2ccccc2)c(S(=O)(=O)[O-])c(-c2ccccc2)c1)C(C)(C)C. The molecule has 0 saturated carbocycles. The average molecular weight is 426 g/mol. The summed E-state index contributed by atoms with van der Waals surface area (Å²) in [7, 11) is -3.22. The van der Waals surface area contributed by atoms with Gasteiger partial charge in [-0.05, 0) is 23.3 Å². The molecule has 5 nitrogen and oxygen atoms in total. The van der Waals surface area contributed by atoms with E-state index in [4.69, 9.17) is 9.47 Å². The van der Waals surface area contributed by atoms with Crippen molar-refractivity contribution >= 4 is 10.1 Å². The maximum Gasteiger partial charge on any atom is 0.204 e. The van der Waals surface area contributed by atoms with Crippen LogP contribution < -0.4 is 4.74 Å². The third-order valence-electron chi connectivity index (χ3n) is 4.65. The van der Waals surface area contributed by atoms with Gasteiger partial charge in [0.25, 0.3) is 0 Å². The van der Waals surface area contributed by atoms with Crippen LogP contribution in [0.15, 0.2) is 77.7 Å². The third kappa shape index (κ3) is 4.90. The van der Waals surface area contributed by atoms with E-state index in [2.05, 4.69) is 0 Å². The molecule has 0 saturated heterocycles. The van der Waals surface area contributed by atoms with E-state index in [1.165, 1.54) is 0 Å². The first-order valence-corrected chi connectivity index (χ1v) is 11.0. The Morgan fingerprint density at radius 3 is 1.60 bits per heavy atom. The number of benzene rings is 3. The van der Waals surface area contributed by atoms with Crippen molar-refractivity contribution < 1.29 is 22.4 Å². The van der Waals surface area contributed by atoms with Crippen molar-refractivity contribution in [2.24, 2.45) is 5.41 Å². The Hall–Kier alpha value is -2.67.